The van der Waals surface area contributed by atoms with Gasteiger partial charge >= 0.3 is 0 Å². The summed E-state index contributed by atoms with van der Waals surface area (Å²) in [6, 6.07) is 4.64. The molecule has 0 fully saturated rings. The van der Waals surface area contributed by atoms with Crippen molar-refractivity contribution in [2.24, 2.45) is 0 Å². The Hall–Kier alpha value is -1.27. The van der Waals surface area contributed by atoms with Crippen molar-refractivity contribution in [2.75, 3.05) is 11.9 Å². The highest BCUT2D eigenvalue weighted by Crippen LogP contribution is 2.28. The molecule has 0 aromatic heterocycles. The number of benzene rings is 1. The van der Waals surface area contributed by atoms with Crippen LogP contribution in [0.25, 0.3) is 0 Å². The Bertz CT molecular complexity index is 412. The molecule has 0 aliphatic carbocycles. The van der Waals surface area contributed by atoms with Gasteiger partial charge in [0.15, 0.2) is 0 Å². The zero-order valence-corrected chi connectivity index (χ0v) is 9.64. The Morgan fingerprint density at radius 1 is 1.53 bits per heavy atom. The summed E-state index contributed by atoms with van der Waals surface area (Å²) in [5.74, 6) is -0.314. The first-order valence-corrected chi connectivity index (χ1v) is 4.93. The molecule has 0 aliphatic rings. The van der Waals surface area contributed by atoms with E-state index in [-0.39, 0.29) is 11.9 Å². The second kappa shape index (κ2) is 4.50. The van der Waals surface area contributed by atoms with E-state index < -0.39 is 0 Å². The summed E-state index contributed by atoms with van der Waals surface area (Å²) in [6.07, 6.45) is 0. The molecule has 1 rings (SSSR count). The molecule has 0 saturated heterocycles. The van der Waals surface area contributed by atoms with Crippen molar-refractivity contribution in [3.8, 4) is 6.07 Å². The Labute approximate surface area is 93.9 Å². The molecule has 0 saturated carbocycles. The lowest BCUT2D eigenvalue weighted by atomic mass is 10.2. The van der Waals surface area contributed by atoms with Crippen LogP contribution in [0.3, 0.4) is 0 Å². The minimum absolute atomic E-state index is 0.314. The number of aryl methyl sites for hydroxylation is 1. The fraction of sp³-hybridized carbons (Fsp3) is 0.364. The molecule has 0 amide bonds. The third kappa shape index (κ3) is 2.40. The molecule has 1 unspecified atom stereocenters. The average molecular weight is 227 g/mol. The fourth-order valence-corrected chi connectivity index (χ4v) is 1.55. The van der Waals surface area contributed by atoms with Crippen LogP contribution in [0.1, 0.15) is 12.5 Å². The van der Waals surface area contributed by atoms with Gasteiger partial charge in [-0.3, -0.25) is 0 Å². The molecule has 1 aromatic carbocycles. The van der Waals surface area contributed by atoms with Gasteiger partial charge in [-0.2, -0.15) is 5.26 Å². The second-order valence-corrected chi connectivity index (χ2v) is 3.88. The van der Waals surface area contributed by atoms with Crippen molar-refractivity contribution < 1.29 is 4.39 Å². The quantitative estimate of drug-likeness (QED) is 0.775. The maximum atomic E-state index is 13.3. The molecule has 0 aliphatic heterocycles. The van der Waals surface area contributed by atoms with Crippen molar-refractivity contribution in [1.29, 1.82) is 5.26 Å². The van der Waals surface area contributed by atoms with Crippen LogP contribution in [0.2, 0.25) is 5.02 Å². The van der Waals surface area contributed by atoms with Crippen molar-refractivity contribution in [3.05, 3.63) is 28.5 Å². The van der Waals surface area contributed by atoms with Gasteiger partial charge in [0.25, 0.3) is 0 Å². The zero-order chi connectivity index (χ0) is 11.6. The molecule has 0 bridgehead atoms. The van der Waals surface area contributed by atoms with Gasteiger partial charge < -0.3 is 4.90 Å². The predicted octanol–water partition coefficient (Wildman–Crippen LogP) is 3.14. The highest BCUT2D eigenvalue weighted by Gasteiger charge is 2.14. The minimum atomic E-state index is -0.343. The number of halogens is 2. The fourth-order valence-electron chi connectivity index (χ4n) is 1.20. The van der Waals surface area contributed by atoms with E-state index >= 15 is 0 Å². The van der Waals surface area contributed by atoms with E-state index in [0.717, 1.165) is 0 Å². The van der Waals surface area contributed by atoms with E-state index in [9.17, 15) is 4.39 Å². The third-order valence-corrected chi connectivity index (χ3v) is 2.68. The Morgan fingerprint density at radius 3 is 2.67 bits per heavy atom. The summed E-state index contributed by atoms with van der Waals surface area (Å²) in [7, 11) is 1.71. The number of rotatable bonds is 2. The Kier molecular flexibility index (Phi) is 3.54. The van der Waals surface area contributed by atoms with Gasteiger partial charge in [-0.05, 0) is 31.5 Å². The van der Waals surface area contributed by atoms with E-state index in [1.807, 2.05) is 0 Å². The largest absolute Gasteiger partial charge is 0.358 e. The standard InChI is InChI=1S/C11H12ClFN2/c1-7-4-9(12)11(5-10(7)13)15(3)8(2)6-14/h4-5,8H,1-3H3. The van der Waals surface area contributed by atoms with E-state index in [1.54, 1.807) is 31.9 Å². The normalized spacial score (nSPS) is 12.0. The third-order valence-electron chi connectivity index (χ3n) is 2.38. The topological polar surface area (TPSA) is 27.0 Å². The monoisotopic (exact) mass is 226 g/mol. The van der Waals surface area contributed by atoms with Crippen LogP contribution in [0, 0.1) is 24.1 Å². The average Bonchev–Trinajstić information content (AvgIpc) is 2.21. The molecule has 1 atom stereocenters. The van der Waals surface area contributed by atoms with Gasteiger partial charge in [-0.1, -0.05) is 11.6 Å². The highest BCUT2D eigenvalue weighted by atomic mass is 35.5. The summed E-state index contributed by atoms with van der Waals surface area (Å²) < 4.78 is 13.3. The summed E-state index contributed by atoms with van der Waals surface area (Å²) in [6.45, 7) is 3.38. The first-order chi connectivity index (χ1) is 6.97. The Balaban J connectivity index is 3.16. The minimum Gasteiger partial charge on any atom is -0.358 e. The molecule has 0 N–H and O–H groups in total. The van der Waals surface area contributed by atoms with E-state index in [4.69, 9.17) is 16.9 Å². The second-order valence-electron chi connectivity index (χ2n) is 3.47. The van der Waals surface area contributed by atoms with E-state index in [0.29, 0.717) is 16.3 Å². The van der Waals surface area contributed by atoms with Gasteiger partial charge in [0, 0.05) is 7.05 Å². The first-order valence-electron chi connectivity index (χ1n) is 4.55. The molecule has 80 valence electrons. The van der Waals surface area contributed by atoms with Gasteiger partial charge in [0.1, 0.15) is 11.9 Å². The van der Waals surface area contributed by atoms with Gasteiger partial charge in [-0.15, -0.1) is 0 Å². The van der Waals surface area contributed by atoms with Crippen molar-refractivity contribution >= 4 is 17.3 Å². The summed E-state index contributed by atoms with van der Waals surface area (Å²) in [4.78, 5) is 1.64. The number of nitrogens with zero attached hydrogens (tertiary/aromatic N) is 2. The molecule has 4 heteroatoms. The molecule has 0 heterocycles. The van der Waals surface area contributed by atoms with Crippen LogP contribution in [0.4, 0.5) is 10.1 Å². The van der Waals surface area contributed by atoms with Gasteiger partial charge in [0.2, 0.25) is 0 Å². The SMILES string of the molecule is Cc1cc(Cl)c(N(C)C(C)C#N)cc1F. The van der Waals surface area contributed by atoms with Gasteiger partial charge in [0.05, 0.1) is 16.8 Å². The van der Waals surface area contributed by atoms with E-state index in [1.165, 1.54) is 6.07 Å². The summed E-state index contributed by atoms with van der Waals surface area (Å²) in [5.41, 5.74) is 1.04. The van der Waals surface area contributed by atoms with Crippen LogP contribution in [-0.2, 0) is 0 Å². The summed E-state index contributed by atoms with van der Waals surface area (Å²) in [5, 5.41) is 9.21. The van der Waals surface area contributed by atoms with Crippen LogP contribution in [0.15, 0.2) is 12.1 Å². The molecule has 0 spiro atoms. The molecule has 15 heavy (non-hydrogen) atoms. The van der Waals surface area contributed by atoms with Crippen molar-refractivity contribution in [2.45, 2.75) is 19.9 Å². The number of hydrogen-bond acceptors (Lipinski definition) is 2. The molecular weight excluding hydrogens is 215 g/mol. The van der Waals surface area contributed by atoms with Crippen LogP contribution < -0.4 is 4.90 Å². The van der Waals surface area contributed by atoms with Crippen LogP contribution >= 0.6 is 11.6 Å². The molecule has 0 radical (unpaired) electrons. The number of nitriles is 1. The van der Waals surface area contributed by atoms with Crippen molar-refractivity contribution in [1.82, 2.24) is 0 Å². The molecule has 2 nitrogen and oxygen atoms in total. The molecular formula is C11H12ClFN2. The maximum Gasteiger partial charge on any atom is 0.128 e. The number of anilines is 1. The van der Waals surface area contributed by atoms with Crippen LogP contribution in [-0.4, -0.2) is 13.1 Å². The predicted molar refractivity (Wildman–Crippen MR) is 59.6 cm³/mol. The molecule has 1 aromatic rings. The highest BCUT2D eigenvalue weighted by molar-refractivity contribution is 6.33. The summed E-state index contributed by atoms with van der Waals surface area (Å²) >= 11 is 5.98. The lowest BCUT2D eigenvalue weighted by Crippen LogP contribution is -2.27. The van der Waals surface area contributed by atoms with E-state index in [2.05, 4.69) is 6.07 Å². The number of hydrogen-bond donors (Lipinski definition) is 0. The Morgan fingerprint density at radius 2 is 2.13 bits per heavy atom. The maximum absolute atomic E-state index is 13.3. The van der Waals surface area contributed by atoms with Gasteiger partial charge in [-0.25, -0.2) is 4.39 Å². The lowest BCUT2D eigenvalue weighted by Gasteiger charge is -2.23. The van der Waals surface area contributed by atoms with Crippen LogP contribution in [0.5, 0.6) is 0 Å². The lowest BCUT2D eigenvalue weighted by molar-refractivity contribution is 0.617. The smallest absolute Gasteiger partial charge is 0.128 e. The van der Waals surface area contributed by atoms with Crippen molar-refractivity contribution in [3.63, 3.8) is 0 Å². The zero-order valence-electron chi connectivity index (χ0n) is 8.88. The first kappa shape index (κ1) is 11.8.